The average molecular weight is 219 g/mol. The van der Waals surface area contributed by atoms with Crippen LogP contribution in [-0.2, 0) is 0 Å². The summed E-state index contributed by atoms with van der Waals surface area (Å²) >= 11 is 1.70. The zero-order valence-corrected chi connectivity index (χ0v) is 9.29. The van der Waals surface area contributed by atoms with Crippen molar-refractivity contribution in [1.82, 2.24) is 4.98 Å². The van der Waals surface area contributed by atoms with Crippen molar-refractivity contribution in [3.8, 4) is 0 Å². The van der Waals surface area contributed by atoms with E-state index in [1.807, 2.05) is 48.9 Å². The van der Waals surface area contributed by atoms with Gasteiger partial charge in [0.15, 0.2) is 0 Å². The van der Waals surface area contributed by atoms with Crippen molar-refractivity contribution in [2.75, 3.05) is 6.26 Å². The van der Waals surface area contributed by atoms with Crippen LogP contribution in [0.25, 0.3) is 0 Å². The molecule has 2 nitrogen and oxygen atoms in total. The summed E-state index contributed by atoms with van der Waals surface area (Å²) in [5.41, 5.74) is 1.74. The van der Waals surface area contributed by atoms with Crippen molar-refractivity contribution in [1.29, 1.82) is 0 Å². The highest BCUT2D eigenvalue weighted by molar-refractivity contribution is 7.98. The van der Waals surface area contributed by atoms with Crippen LogP contribution >= 0.6 is 11.8 Å². The number of nitrogens with one attached hydrogen (secondary N) is 1. The molecule has 78 valence electrons. The molecule has 0 bridgehead atoms. The Morgan fingerprint density at radius 1 is 1.20 bits per heavy atom. The Morgan fingerprint density at radius 2 is 1.93 bits per heavy atom. The SMILES string of the molecule is CSc1ccc(C(O)c2ccc[nH]2)cc1. The predicted molar refractivity (Wildman–Crippen MR) is 63.1 cm³/mol. The van der Waals surface area contributed by atoms with Gasteiger partial charge in [0, 0.05) is 16.8 Å². The highest BCUT2D eigenvalue weighted by Crippen LogP contribution is 2.22. The molecule has 1 unspecified atom stereocenters. The van der Waals surface area contributed by atoms with Gasteiger partial charge in [-0.05, 0) is 36.1 Å². The Hall–Kier alpha value is -1.19. The van der Waals surface area contributed by atoms with E-state index in [1.54, 1.807) is 11.8 Å². The van der Waals surface area contributed by atoms with Crippen LogP contribution in [0.3, 0.4) is 0 Å². The average Bonchev–Trinajstić information content (AvgIpc) is 2.82. The fourth-order valence-corrected chi connectivity index (χ4v) is 1.89. The van der Waals surface area contributed by atoms with Crippen LogP contribution < -0.4 is 0 Å². The van der Waals surface area contributed by atoms with Gasteiger partial charge in [0.2, 0.25) is 0 Å². The van der Waals surface area contributed by atoms with Crippen molar-refractivity contribution >= 4 is 11.8 Å². The van der Waals surface area contributed by atoms with Crippen LogP contribution in [-0.4, -0.2) is 16.3 Å². The van der Waals surface area contributed by atoms with E-state index in [1.165, 1.54) is 4.90 Å². The number of rotatable bonds is 3. The Balaban J connectivity index is 2.22. The molecule has 0 aliphatic carbocycles. The van der Waals surface area contributed by atoms with Crippen LogP contribution in [0.15, 0.2) is 47.5 Å². The number of H-pyrrole nitrogens is 1. The molecule has 1 aromatic heterocycles. The van der Waals surface area contributed by atoms with Crippen molar-refractivity contribution in [2.45, 2.75) is 11.0 Å². The van der Waals surface area contributed by atoms with E-state index in [2.05, 4.69) is 4.98 Å². The lowest BCUT2D eigenvalue weighted by Crippen LogP contribution is -1.99. The summed E-state index contributed by atoms with van der Waals surface area (Å²) in [4.78, 5) is 4.21. The molecule has 0 aliphatic rings. The topological polar surface area (TPSA) is 36.0 Å². The zero-order valence-electron chi connectivity index (χ0n) is 8.47. The molecule has 1 aromatic carbocycles. The first-order valence-corrected chi connectivity index (χ1v) is 5.99. The minimum absolute atomic E-state index is 0.559. The first kappa shape index (κ1) is 10.3. The summed E-state index contributed by atoms with van der Waals surface area (Å²) in [5, 5.41) is 10.0. The summed E-state index contributed by atoms with van der Waals surface area (Å²) in [7, 11) is 0. The van der Waals surface area contributed by atoms with Crippen LogP contribution in [0.2, 0.25) is 0 Å². The Bertz CT molecular complexity index is 408. The lowest BCUT2D eigenvalue weighted by Gasteiger charge is -2.09. The minimum Gasteiger partial charge on any atom is -0.382 e. The van der Waals surface area contributed by atoms with Gasteiger partial charge in [-0.2, -0.15) is 0 Å². The van der Waals surface area contributed by atoms with Gasteiger partial charge in [-0.3, -0.25) is 0 Å². The van der Waals surface area contributed by atoms with E-state index in [9.17, 15) is 5.11 Å². The Kier molecular flexibility index (Phi) is 3.14. The van der Waals surface area contributed by atoms with E-state index in [0.29, 0.717) is 0 Å². The molecule has 0 saturated heterocycles. The van der Waals surface area contributed by atoms with E-state index >= 15 is 0 Å². The summed E-state index contributed by atoms with van der Waals surface area (Å²) in [6.45, 7) is 0. The third kappa shape index (κ3) is 2.25. The van der Waals surface area contributed by atoms with Crippen molar-refractivity contribution in [3.05, 3.63) is 53.9 Å². The molecule has 1 heterocycles. The third-order valence-corrected chi connectivity index (χ3v) is 3.09. The maximum absolute atomic E-state index is 10.0. The number of aromatic amines is 1. The number of hydrogen-bond donors (Lipinski definition) is 2. The van der Waals surface area contributed by atoms with Crippen molar-refractivity contribution < 1.29 is 5.11 Å². The molecule has 0 fully saturated rings. The van der Waals surface area contributed by atoms with Gasteiger partial charge >= 0.3 is 0 Å². The number of thioether (sulfide) groups is 1. The van der Waals surface area contributed by atoms with E-state index < -0.39 is 6.10 Å². The maximum atomic E-state index is 10.0. The summed E-state index contributed by atoms with van der Waals surface area (Å²) < 4.78 is 0. The highest BCUT2D eigenvalue weighted by Gasteiger charge is 2.10. The molecule has 2 rings (SSSR count). The second kappa shape index (κ2) is 4.55. The standard InChI is InChI=1S/C12H13NOS/c1-15-10-6-4-9(5-7-10)12(14)11-3-2-8-13-11/h2-8,12-14H,1H3. The molecule has 0 aliphatic heterocycles. The molecule has 1 atom stereocenters. The van der Waals surface area contributed by atoms with Gasteiger partial charge < -0.3 is 10.1 Å². The molecule has 0 amide bonds. The molecule has 2 aromatic rings. The highest BCUT2D eigenvalue weighted by atomic mass is 32.2. The van der Waals surface area contributed by atoms with Gasteiger partial charge in [0.25, 0.3) is 0 Å². The van der Waals surface area contributed by atoms with Crippen LogP contribution in [0.1, 0.15) is 17.4 Å². The molecule has 0 spiro atoms. The summed E-state index contributed by atoms with van der Waals surface area (Å²) in [5.74, 6) is 0. The predicted octanol–water partition coefficient (Wildman–Crippen LogP) is 2.82. The second-order valence-corrected chi connectivity index (χ2v) is 4.18. The van der Waals surface area contributed by atoms with E-state index in [0.717, 1.165) is 11.3 Å². The zero-order chi connectivity index (χ0) is 10.7. The molecular weight excluding hydrogens is 206 g/mol. The molecule has 2 N–H and O–H groups in total. The van der Waals surface area contributed by atoms with Crippen molar-refractivity contribution in [3.63, 3.8) is 0 Å². The summed E-state index contributed by atoms with van der Waals surface area (Å²) in [6, 6.07) is 11.7. The number of hydrogen-bond acceptors (Lipinski definition) is 2. The van der Waals surface area contributed by atoms with Gasteiger partial charge in [-0.15, -0.1) is 11.8 Å². The van der Waals surface area contributed by atoms with Gasteiger partial charge in [-0.25, -0.2) is 0 Å². The third-order valence-electron chi connectivity index (χ3n) is 2.35. The lowest BCUT2D eigenvalue weighted by molar-refractivity contribution is 0.216. The second-order valence-electron chi connectivity index (χ2n) is 3.30. The minimum atomic E-state index is -0.559. The number of aromatic nitrogens is 1. The number of aliphatic hydroxyl groups is 1. The molecular formula is C12H13NOS. The Labute approximate surface area is 93.3 Å². The summed E-state index contributed by atoms with van der Waals surface area (Å²) in [6.07, 6.45) is 3.29. The molecule has 0 saturated carbocycles. The molecule has 3 heteroatoms. The first-order valence-electron chi connectivity index (χ1n) is 4.76. The number of aliphatic hydroxyl groups excluding tert-OH is 1. The smallest absolute Gasteiger partial charge is 0.119 e. The normalized spacial score (nSPS) is 12.7. The maximum Gasteiger partial charge on any atom is 0.119 e. The number of benzene rings is 1. The monoisotopic (exact) mass is 219 g/mol. The fraction of sp³-hybridized carbons (Fsp3) is 0.167. The van der Waals surface area contributed by atoms with Crippen LogP contribution in [0.4, 0.5) is 0 Å². The Morgan fingerprint density at radius 3 is 2.47 bits per heavy atom. The van der Waals surface area contributed by atoms with E-state index in [-0.39, 0.29) is 0 Å². The lowest BCUT2D eigenvalue weighted by atomic mass is 10.1. The fourth-order valence-electron chi connectivity index (χ4n) is 1.48. The van der Waals surface area contributed by atoms with Gasteiger partial charge in [0.1, 0.15) is 6.10 Å². The van der Waals surface area contributed by atoms with Crippen LogP contribution in [0, 0.1) is 0 Å². The molecule has 15 heavy (non-hydrogen) atoms. The van der Waals surface area contributed by atoms with Gasteiger partial charge in [-0.1, -0.05) is 12.1 Å². The van der Waals surface area contributed by atoms with E-state index in [4.69, 9.17) is 0 Å². The van der Waals surface area contributed by atoms with Gasteiger partial charge in [0.05, 0.1) is 0 Å². The quantitative estimate of drug-likeness (QED) is 0.779. The first-order chi connectivity index (χ1) is 7.31. The molecule has 0 radical (unpaired) electrons. The largest absolute Gasteiger partial charge is 0.382 e. The van der Waals surface area contributed by atoms with Crippen molar-refractivity contribution in [2.24, 2.45) is 0 Å². The van der Waals surface area contributed by atoms with Crippen LogP contribution in [0.5, 0.6) is 0 Å².